The van der Waals surface area contributed by atoms with Crippen molar-refractivity contribution in [1.29, 1.82) is 0 Å². The molecule has 1 aromatic carbocycles. The number of rotatable bonds is 5. The molecule has 7 nitrogen and oxygen atoms in total. The van der Waals surface area contributed by atoms with Gasteiger partial charge < -0.3 is 20.5 Å². The van der Waals surface area contributed by atoms with E-state index in [0.717, 1.165) is 5.56 Å². The number of aromatic nitrogens is 2. The van der Waals surface area contributed by atoms with Crippen molar-refractivity contribution in [2.75, 3.05) is 25.3 Å². The first-order chi connectivity index (χ1) is 9.63. The molecule has 0 aliphatic rings. The second-order valence-electron chi connectivity index (χ2n) is 4.11. The Bertz CT molecular complexity index is 609. The number of benzene rings is 1. The molecule has 0 fully saturated rings. The van der Waals surface area contributed by atoms with Crippen LogP contribution < -0.4 is 20.5 Å². The first kappa shape index (κ1) is 13.7. The highest BCUT2D eigenvalue weighted by Crippen LogP contribution is 2.27. The fourth-order valence-corrected chi connectivity index (χ4v) is 1.76. The van der Waals surface area contributed by atoms with Gasteiger partial charge in [0.1, 0.15) is 0 Å². The van der Waals surface area contributed by atoms with Crippen LogP contribution in [0.2, 0.25) is 0 Å². The summed E-state index contributed by atoms with van der Waals surface area (Å²) < 4.78 is 10.3. The van der Waals surface area contributed by atoms with Crippen molar-refractivity contribution in [3.05, 3.63) is 30.0 Å². The van der Waals surface area contributed by atoms with Crippen LogP contribution in [-0.4, -0.2) is 30.3 Å². The number of nitrogens with zero attached hydrogens (tertiary/aromatic N) is 1. The summed E-state index contributed by atoms with van der Waals surface area (Å²) in [5.74, 6) is 1.40. The van der Waals surface area contributed by atoms with Gasteiger partial charge in [0.15, 0.2) is 17.3 Å². The second-order valence-corrected chi connectivity index (χ2v) is 4.11. The third-order valence-electron chi connectivity index (χ3n) is 2.75. The number of anilines is 2. The summed E-state index contributed by atoms with van der Waals surface area (Å²) in [6.07, 6.45) is 1.63. The van der Waals surface area contributed by atoms with Gasteiger partial charge in [0.2, 0.25) is 5.91 Å². The third kappa shape index (κ3) is 3.00. The predicted molar refractivity (Wildman–Crippen MR) is 74.9 cm³/mol. The molecule has 1 heterocycles. The lowest BCUT2D eigenvalue weighted by Crippen LogP contribution is -2.15. The van der Waals surface area contributed by atoms with Crippen molar-refractivity contribution in [1.82, 2.24) is 10.2 Å². The number of amides is 1. The molecular weight excluding hydrogens is 260 g/mol. The molecule has 1 aromatic heterocycles. The van der Waals surface area contributed by atoms with Crippen molar-refractivity contribution in [3.63, 3.8) is 0 Å². The number of nitrogens with two attached hydrogens (primary N) is 1. The van der Waals surface area contributed by atoms with Gasteiger partial charge >= 0.3 is 0 Å². The third-order valence-corrected chi connectivity index (χ3v) is 2.75. The number of ether oxygens (including phenoxy) is 2. The van der Waals surface area contributed by atoms with Gasteiger partial charge in [-0.05, 0) is 17.7 Å². The van der Waals surface area contributed by atoms with Gasteiger partial charge in [-0.3, -0.25) is 9.89 Å². The molecule has 0 saturated carbocycles. The van der Waals surface area contributed by atoms with E-state index in [-0.39, 0.29) is 12.3 Å². The normalized spacial score (nSPS) is 10.1. The molecule has 0 saturated heterocycles. The molecule has 4 N–H and O–H groups in total. The minimum atomic E-state index is -0.201. The summed E-state index contributed by atoms with van der Waals surface area (Å²) in [4.78, 5) is 11.9. The number of nitrogen functional groups attached to an aromatic ring is 1. The molecule has 0 aliphatic heterocycles. The molecule has 1 amide bonds. The summed E-state index contributed by atoms with van der Waals surface area (Å²) in [5, 5.41) is 8.99. The molecule has 0 spiro atoms. The molecule has 0 atom stereocenters. The van der Waals surface area contributed by atoms with Crippen LogP contribution in [0, 0.1) is 0 Å². The van der Waals surface area contributed by atoms with E-state index < -0.39 is 0 Å². The predicted octanol–water partition coefficient (Wildman–Crippen LogP) is 1.19. The molecule has 0 radical (unpaired) electrons. The number of hydrogen-bond donors (Lipinski definition) is 3. The lowest BCUT2D eigenvalue weighted by molar-refractivity contribution is -0.115. The molecule has 106 valence electrons. The Hall–Kier alpha value is -2.70. The minimum absolute atomic E-state index is 0.193. The molecule has 2 rings (SSSR count). The Morgan fingerprint density at radius 3 is 2.70 bits per heavy atom. The number of carbonyl (C=O) groups is 1. The average molecular weight is 276 g/mol. The van der Waals surface area contributed by atoms with Crippen LogP contribution in [0.25, 0.3) is 0 Å². The second kappa shape index (κ2) is 5.96. The maximum atomic E-state index is 11.9. The van der Waals surface area contributed by atoms with Gasteiger partial charge in [-0.25, -0.2) is 0 Å². The first-order valence-corrected chi connectivity index (χ1v) is 5.93. The van der Waals surface area contributed by atoms with Gasteiger partial charge in [0, 0.05) is 0 Å². The Labute approximate surface area is 116 Å². The Balaban J connectivity index is 2.06. The lowest BCUT2D eigenvalue weighted by Gasteiger charge is -2.09. The van der Waals surface area contributed by atoms with Crippen LogP contribution in [0.4, 0.5) is 11.5 Å². The molecule has 2 aromatic rings. The standard InChI is InChI=1S/C13H16N4O3/c1-19-10-4-3-8(5-11(10)20-2)6-12(18)16-13-9(14)7-15-17-13/h3-5,7H,6,14H2,1-2H3,(H2,15,16,17,18). The van der Waals surface area contributed by atoms with E-state index in [4.69, 9.17) is 15.2 Å². The molecule has 7 heteroatoms. The highest BCUT2D eigenvalue weighted by atomic mass is 16.5. The molecule has 0 aliphatic carbocycles. The van der Waals surface area contributed by atoms with E-state index in [1.165, 1.54) is 6.20 Å². The topological polar surface area (TPSA) is 102 Å². The van der Waals surface area contributed by atoms with Gasteiger partial charge in [-0.1, -0.05) is 6.07 Å². The summed E-state index contributed by atoms with van der Waals surface area (Å²) in [6, 6.07) is 5.32. The van der Waals surface area contributed by atoms with Gasteiger partial charge in [0.05, 0.1) is 32.5 Å². The maximum absolute atomic E-state index is 11.9. The smallest absolute Gasteiger partial charge is 0.229 e. The number of aromatic amines is 1. The van der Waals surface area contributed by atoms with E-state index in [1.54, 1.807) is 32.4 Å². The number of carbonyl (C=O) groups excluding carboxylic acids is 1. The fraction of sp³-hybridized carbons (Fsp3) is 0.231. The van der Waals surface area contributed by atoms with Crippen LogP contribution in [-0.2, 0) is 11.2 Å². The largest absolute Gasteiger partial charge is 0.493 e. The SMILES string of the molecule is COc1ccc(CC(=O)Nc2[nH]ncc2N)cc1OC. The number of hydrogen-bond acceptors (Lipinski definition) is 5. The molecule has 0 bridgehead atoms. The van der Waals surface area contributed by atoms with Crippen LogP contribution in [0.5, 0.6) is 11.5 Å². The number of nitrogens with one attached hydrogen (secondary N) is 2. The Morgan fingerprint density at radius 1 is 1.35 bits per heavy atom. The molecular formula is C13H16N4O3. The van der Waals surface area contributed by atoms with Crippen LogP contribution in [0.3, 0.4) is 0 Å². The zero-order chi connectivity index (χ0) is 14.5. The van der Waals surface area contributed by atoms with Crippen molar-refractivity contribution in [2.45, 2.75) is 6.42 Å². The minimum Gasteiger partial charge on any atom is -0.493 e. The van der Waals surface area contributed by atoms with Gasteiger partial charge in [-0.15, -0.1) is 0 Å². The summed E-state index contributed by atoms with van der Waals surface area (Å²) in [7, 11) is 3.11. The monoisotopic (exact) mass is 276 g/mol. The first-order valence-electron chi connectivity index (χ1n) is 5.93. The summed E-state index contributed by atoms with van der Waals surface area (Å²) in [6.45, 7) is 0. The van der Waals surface area contributed by atoms with Crippen LogP contribution in [0.1, 0.15) is 5.56 Å². The van der Waals surface area contributed by atoms with Crippen LogP contribution >= 0.6 is 0 Å². The highest BCUT2D eigenvalue weighted by Gasteiger charge is 2.10. The summed E-state index contributed by atoms with van der Waals surface area (Å²) in [5.41, 5.74) is 6.82. The zero-order valence-electron chi connectivity index (χ0n) is 11.3. The van der Waals surface area contributed by atoms with E-state index >= 15 is 0 Å². The number of methoxy groups -OCH3 is 2. The van der Waals surface area contributed by atoms with Crippen molar-refractivity contribution in [2.24, 2.45) is 0 Å². The van der Waals surface area contributed by atoms with Crippen LogP contribution in [0.15, 0.2) is 24.4 Å². The van der Waals surface area contributed by atoms with Crippen molar-refractivity contribution >= 4 is 17.4 Å². The average Bonchev–Trinajstić information content (AvgIpc) is 2.84. The van der Waals surface area contributed by atoms with Crippen molar-refractivity contribution < 1.29 is 14.3 Å². The van der Waals surface area contributed by atoms with Crippen molar-refractivity contribution in [3.8, 4) is 11.5 Å². The molecule has 0 unspecified atom stereocenters. The van der Waals surface area contributed by atoms with E-state index in [1.807, 2.05) is 0 Å². The quantitative estimate of drug-likeness (QED) is 0.761. The molecule has 20 heavy (non-hydrogen) atoms. The van der Waals surface area contributed by atoms with E-state index in [0.29, 0.717) is 23.0 Å². The van der Waals surface area contributed by atoms with Gasteiger partial charge in [-0.2, -0.15) is 5.10 Å². The fourth-order valence-electron chi connectivity index (χ4n) is 1.76. The lowest BCUT2D eigenvalue weighted by atomic mass is 10.1. The van der Waals surface area contributed by atoms with E-state index in [2.05, 4.69) is 15.5 Å². The Morgan fingerprint density at radius 2 is 2.10 bits per heavy atom. The summed E-state index contributed by atoms with van der Waals surface area (Å²) >= 11 is 0. The zero-order valence-corrected chi connectivity index (χ0v) is 11.3. The Kier molecular flexibility index (Phi) is 4.09. The van der Waals surface area contributed by atoms with Gasteiger partial charge in [0.25, 0.3) is 0 Å². The maximum Gasteiger partial charge on any atom is 0.229 e. The number of H-pyrrole nitrogens is 1. The van der Waals surface area contributed by atoms with E-state index in [9.17, 15) is 4.79 Å². The highest BCUT2D eigenvalue weighted by molar-refractivity contribution is 5.93.